The molecule has 0 radical (unpaired) electrons. The van der Waals surface area contributed by atoms with Crippen LogP contribution in [0.15, 0.2) is 11.3 Å². The first-order chi connectivity index (χ1) is 8.39. The van der Waals surface area contributed by atoms with E-state index in [9.17, 15) is 14.7 Å². The van der Waals surface area contributed by atoms with E-state index in [0.717, 1.165) is 19.3 Å². The van der Waals surface area contributed by atoms with E-state index in [1.165, 1.54) is 0 Å². The smallest absolute Gasteiger partial charge is 0.162 e. The number of Topliss-reactive ketones (excluding diaryl/α,β-unsaturated/α-hetero) is 2. The van der Waals surface area contributed by atoms with Crippen LogP contribution >= 0.6 is 0 Å². The van der Waals surface area contributed by atoms with Gasteiger partial charge in [0, 0.05) is 30.8 Å². The normalized spacial score (nSPS) is 28.7. The summed E-state index contributed by atoms with van der Waals surface area (Å²) in [5.74, 6) is 0.469. The first kappa shape index (κ1) is 13.3. The summed E-state index contributed by atoms with van der Waals surface area (Å²) in [5.41, 5.74) is 0.371. The summed E-state index contributed by atoms with van der Waals surface area (Å²) in [6, 6.07) is 0. The average Bonchev–Trinajstić information content (AvgIpc) is 2.24. The van der Waals surface area contributed by atoms with Crippen molar-refractivity contribution in [3.8, 4) is 0 Å². The van der Waals surface area contributed by atoms with Gasteiger partial charge in [0.25, 0.3) is 0 Å². The fourth-order valence-corrected chi connectivity index (χ4v) is 3.07. The first-order valence-corrected chi connectivity index (χ1v) is 6.86. The zero-order valence-electron chi connectivity index (χ0n) is 11.3. The third kappa shape index (κ3) is 2.82. The van der Waals surface area contributed by atoms with E-state index in [1.54, 1.807) is 0 Å². The molecule has 0 aromatic carbocycles. The summed E-state index contributed by atoms with van der Waals surface area (Å²) in [6.45, 7) is 3.98. The molecule has 0 heterocycles. The van der Waals surface area contributed by atoms with Gasteiger partial charge in [-0.3, -0.25) is 9.59 Å². The Labute approximate surface area is 108 Å². The van der Waals surface area contributed by atoms with Gasteiger partial charge in [-0.25, -0.2) is 0 Å². The van der Waals surface area contributed by atoms with Gasteiger partial charge in [-0.05, 0) is 24.7 Å². The second-order valence-electron chi connectivity index (χ2n) is 6.48. The zero-order valence-corrected chi connectivity index (χ0v) is 11.3. The average molecular weight is 250 g/mol. The molecule has 0 bridgehead atoms. The summed E-state index contributed by atoms with van der Waals surface area (Å²) in [4.78, 5) is 23.9. The van der Waals surface area contributed by atoms with Gasteiger partial charge in [0.15, 0.2) is 5.78 Å². The van der Waals surface area contributed by atoms with E-state index < -0.39 is 0 Å². The zero-order chi connectivity index (χ0) is 13.3. The number of carbonyl (C=O) groups is 2. The van der Waals surface area contributed by atoms with Crippen LogP contribution in [0.4, 0.5) is 0 Å². The van der Waals surface area contributed by atoms with Gasteiger partial charge in [0.1, 0.15) is 5.78 Å². The number of aliphatic hydroxyl groups excluding tert-OH is 1. The van der Waals surface area contributed by atoms with Gasteiger partial charge in [0.05, 0.1) is 5.76 Å². The molecule has 100 valence electrons. The van der Waals surface area contributed by atoms with Crippen molar-refractivity contribution in [3.63, 3.8) is 0 Å². The maximum absolute atomic E-state index is 12.1. The van der Waals surface area contributed by atoms with Crippen molar-refractivity contribution in [1.29, 1.82) is 0 Å². The Kier molecular flexibility index (Phi) is 3.60. The predicted molar refractivity (Wildman–Crippen MR) is 69.3 cm³/mol. The van der Waals surface area contributed by atoms with Gasteiger partial charge in [-0.1, -0.05) is 20.3 Å². The number of carbonyl (C=O) groups excluding carboxylic acids is 2. The molecular formula is C15H22O3. The predicted octanol–water partition coefficient (Wildman–Crippen LogP) is 3.34. The molecule has 0 aliphatic heterocycles. The van der Waals surface area contributed by atoms with Crippen LogP contribution in [0.3, 0.4) is 0 Å². The van der Waals surface area contributed by atoms with E-state index in [1.807, 2.05) is 13.8 Å². The van der Waals surface area contributed by atoms with Crippen molar-refractivity contribution in [2.24, 2.45) is 11.3 Å². The molecule has 3 nitrogen and oxygen atoms in total. The Bertz CT molecular complexity index is 404. The molecule has 0 spiro atoms. The fourth-order valence-electron chi connectivity index (χ4n) is 3.07. The lowest BCUT2D eigenvalue weighted by atomic mass is 9.73. The number of hydrogen-bond donors (Lipinski definition) is 1. The minimum atomic E-state index is -0.152. The third-order valence-corrected chi connectivity index (χ3v) is 4.10. The largest absolute Gasteiger partial charge is 0.512 e. The Hall–Kier alpha value is -1.12. The highest BCUT2D eigenvalue weighted by atomic mass is 16.3. The van der Waals surface area contributed by atoms with Crippen LogP contribution in [-0.2, 0) is 9.59 Å². The van der Waals surface area contributed by atoms with Crippen LogP contribution < -0.4 is 0 Å². The van der Waals surface area contributed by atoms with Crippen molar-refractivity contribution in [1.82, 2.24) is 0 Å². The molecule has 0 aromatic rings. The number of ketones is 2. The van der Waals surface area contributed by atoms with Gasteiger partial charge in [-0.15, -0.1) is 0 Å². The SMILES string of the molecule is CC1(C)CC(=O)C(C[C@H]2CCCCC2=O)=C(O)C1. The molecule has 18 heavy (non-hydrogen) atoms. The fraction of sp³-hybridized carbons (Fsp3) is 0.733. The minimum absolute atomic E-state index is 0.0297. The van der Waals surface area contributed by atoms with E-state index in [2.05, 4.69) is 0 Å². The molecule has 2 aliphatic rings. The van der Waals surface area contributed by atoms with Gasteiger partial charge < -0.3 is 5.11 Å². The van der Waals surface area contributed by atoms with E-state index in [4.69, 9.17) is 0 Å². The molecule has 0 saturated heterocycles. The van der Waals surface area contributed by atoms with E-state index in [0.29, 0.717) is 31.3 Å². The summed E-state index contributed by atoms with van der Waals surface area (Å²) in [5, 5.41) is 10.0. The summed E-state index contributed by atoms with van der Waals surface area (Å²) in [6.07, 6.45) is 5.03. The lowest BCUT2D eigenvalue weighted by Crippen LogP contribution is -2.28. The molecule has 1 N–H and O–H groups in total. The molecule has 0 amide bonds. The van der Waals surface area contributed by atoms with Crippen molar-refractivity contribution < 1.29 is 14.7 Å². The molecule has 3 heteroatoms. The highest BCUT2D eigenvalue weighted by Crippen LogP contribution is 2.38. The van der Waals surface area contributed by atoms with Crippen molar-refractivity contribution >= 4 is 11.6 Å². The second-order valence-corrected chi connectivity index (χ2v) is 6.48. The lowest BCUT2D eigenvalue weighted by Gasteiger charge is -2.31. The third-order valence-electron chi connectivity index (χ3n) is 4.10. The first-order valence-electron chi connectivity index (χ1n) is 6.86. The maximum atomic E-state index is 12.1. The Morgan fingerprint density at radius 3 is 2.56 bits per heavy atom. The summed E-state index contributed by atoms with van der Waals surface area (Å²) >= 11 is 0. The summed E-state index contributed by atoms with van der Waals surface area (Å²) in [7, 11) is 0. The molecule has 2 aliphatic carbocycles. The molecule has 2 rings (SSSR count). The van der Waals surface area contributed by atoms with E-state index >= 15 is 0 Å². The van der Waals surface area contributed by atoms with Crippen molar-refractivity contribution in [2.75, 3.05) is 0 Å². The van der Waals surface area contributed by atoms with Crippen molar-refractivity contribution in [2.45, 2.75) is 58.8 Å². The Morgan fingerprint density at radius 2 is 1.94 bits per heavy atom. The van der Waals surface area contributed by atoms with Crippen LogP contribution in [0.2, 0.25) is 0 Å². The Morgan fingerprint density at radius 1 is 1.22 bits per heavy atom. The van der Waals surface area contributed by atoms with Gasteiger partial charge >= 0.3 is 0 Å². The Balaban J connectivity index is 2.12. The molecule has 1 fully saturated rings. The number of hydrogen-bond acceptors (Lipinski definition) is 3. The van der Waals surface area contributed by atoms with Gasteiger partial charge in [-0.2, -0.15) is 0 Å². The monoisotopic (exact) mass is 250 g/mol. The highest BCUT2D eigenvalue weighted by molar-refractivity contribution is 5.98. The number of rotatable bonds is 2. The quantitative estimate of drug-likeness (QED) is 0.817. The standard InChI is InChI=1S/C15H22O3/c1-15(2)8-13(17)11(14(18)9-15)7-10-5-3-4-6-12(10)16/h10,17H,3-9H2,1-2H3/t10-/m1/s1. The molecule has 0 unspecified atom stereocenters. The number of aliphatic hydroxyl groups is 1. The lowest BCUT2D eigenvalue weighted by molar-refractivity contribution is -0.124. The van der Waals surface area contributed by atoms with Gasteiger partial charge in [0.2, 0.25) is 0 Å². The van der Waals surface area contributed by atoms with Crippen molar-refractivity contribution in [3.05, 3.63) is 11.3 Å². The van der Waals surface area contributed by atoms with Crippen LogP contribution in [0.5, 0.6) is 0 Å². The minimum Gasteiger partial charge on any atom is -0.512 e. The number of allylic oxidation sites excluding steroid dienone is 2. The van der Waals surface area contributed by atoms with Crippen LogP contribution in [0.25, 0.3) is 0 Å². The van der Waals surface area contributed by atoms with E-state index in [-0.39, 0.29) is 28.7 Å². The molecule has 1 saturated carbocycles. The van der Waals surface area contributed by atoms with Crippen LogP contribution in [0.1, 0.15) is 58.8 Å². The molecular weight excluding hydrogens is 228 g/mol. The van der Waals surface area contributed by atoms with Crippen LogP contribution in [-0.4, -0.2) is 16.7 Å². The highest BCUT2D eigenvalue weighted by Gasteiger charge is 2.35. The second kappa shape index (κ2) is 4.87. The summed E-state index contributed by atoms with van der Waals surface area (Å²) < 4.78 is 0. The molecule has 1 atom stereocenters. The molecule has 0 aromatic heterocycles. The van der Waals surface area contributed by atoms with Crippen LogP contribution in [0, 0.1) is 11.3 Å². The maximum Gasteiger partial charge on any atom is 0.162 e. The topological polar surface area (TPSA) is 54.4 Å².